The lowest BCUT2D eigenvalue weighted by Crippen LogP contribution is -2.66. The fourth-order valence-corrected chi connectivity index (χ4v) is 6.05. The minimum atomic E-state index is -1.70. The van der Waals surface area contributed by atoms with E-state index in [-0.39, 0.29) is 25.6 Å². The summed E-state index contributed by atoms with van der Waals surface area (Å²) in [6, 6.07) is 4.22. The van der Waals surface area contributed by atoms with Crippen LogP contribution in [0, 0.1) is 34.6 Å². The van der Waals surface area contributed by atoms with Crippen molar-refractivity contribution in [1.82, 2.24) is 34.5 Å². The topological polar surface area (TPSA) is 110 Å². The Kier molecular flexibility index (Phi) is 6.84. The molecule has 42 heavy (non-hydrogen) atoms. The van der Waals surface area contributed by atoms with Crippen LogP contribution >= 0.6 is 0 Å². The molecule has 5 heterocycles. The molecular weight excluding hydrogens is 554 g/mol. The Morgan fingerprint density at radius 3 is 2.45 bits per heavy atom. The summed E-state index contributed by atoms with van der Waals surface area (Å²) >= 11 is 0. The molecule has 0 unspecified atom stereocenters. The molecule has 0 bridgehead atoms. The molecule has 0 atom stereocenters. The normalized spacial score (nSPS) is 17.3. The van der Waals surface area contributed by atoms with E-state index in [1.807, 2.05) is 16.9 Å². The molecule has 1 N–H and O–H groups in total. The summed E-state index contributed by atoms with van der Waals surface area (Å²) in [7, 11) is 2.50. The average molecular weight is 582 g/mol. The molecule has 3 aromatic heterocycles. The van der Waals surface area contributed by atoms with Crippen LogP contribution in [0.3, 0.4) is 0 Å². The number of halogens is 4. The minimum Gasteiger partial charge on any atom is -0.373 e. The van der Waals surface area contributed by atoms with E-state index in [2.05, 4.69) is 31.0 Å². The summed E-state index contributed by atoms with van der Waals surface area (Å²) in [6.45, 7) is 1.43. The van der Waals surface area contributed by atoms with E-state index < -0.39 is 46.0 Å². The van der Waals surface area contributed by atoms with Crippen molar-refractivity contribution in [2.75, 3.05) is 45.2 Å². The molecule has 4 aromatic rings. The second kappa shape index (κ2) is 10.4. The fourth-order valence-electron chi connectivity index (χ4n) is 6.05. The quantitative estimate of drug-likeness (QED) is 0.273. The first-order chi connectivity index (χ1) is 20.1. The van der Waals surface area contributed by atoms with Gasteiger partial charge in [0, 0.05) is 69.7 Å². The summed E-state index contributed by atoms with van der Waals surface area (Å²) in [5, 5.41) is 15.0. The van der Waals surface area contributed by atoms with Gasteiger partial charge in [-0.3, -0.25) is 14.4 Å². The van der Waals surface area contributed by atoms with Crippen LogP contribution in [0.2, 0.25) is 0 Å². The van der Waals surface area contributed by atoms with Gasteiger partial charge in [-0.15, -0.1) is 0 Å². The number of H-pyrrole nitrogens is 1. The number of anilines is 1. The molecule has 10 nitrogen and oxygen atoms in total. The van der Waals surface area contributed by atoms with Crippen LogP contribution in [0.15, 0.2) is 31.0 Å². The number of fused-ring (bicyclic) bond motifs is 1. The number of nitrogens with zero attached hydrogens (tertiary/aromatic N) is 8. The zero-order chi connectivity index (χ0) is 29.8. The second-order valence-electron chi connectivity index (χ2n) is 11.0. The van der Waals surface area contributed by atoms with Crippen molar-refractivity contribution in [3.05, 3.63) is 59.8 Å². The maximum absolute atomic E-state index is 14.7. The summed E-state index contributed by atoms with van der Waals surface area (Å²) in [5.74, 6) is -7.70. The number of aromatic amines is 1. The van der Waals surface area contributed by atoms with Crippen molar-refractivity contribution in [3.8, 4) is 17.3 Å². The lowest BCUT2D eigenvalue weighted by Gasteiger charge is -2.53. The Morgan fingerprint density at radius 2 is 1.81 bits per heavy atom. The number of nitrogens with one attached hydrogen (secondary N) is 1. The number of piperidine rings is 1. The molecule has 14 heteroatoms. The highest BCUT2D eigenvalue weighted by molar-refractivity contribution is 5.95. The van der Waals surface area contributed by atoms with Gasteiger partial charge in [0.1, 0.15) is 28.8 Å². The number of carbonyl (C=O) groups is 1. The van der Waals surface area contributed by atoms with E-state index in [1.165, 1.54) is 25.3 Å². The standard InChI is InChI=1S/C28H27F4N9O/c1-38(2)25-22(31)20(29)19(21(30)23(25)32)27(42)39-9-4-17(5-10-39)40-13-28(14-40,6-7-33)41-12-16(11-37-41)24-18-3-8-34-26(18)36-15-35-24/h3,8,11-12,15,17H,4-6,9-10,13-14H2,1-2H3,(H,34,35,36). The molecule has 0 saturated carbocycles. The molecular formula is C28H27F4N9O. The SMILES string of the molecule is CN(C)c1c(F)c(F)c(C(=O)N2CCC(N3CC(CC#N)(n4cc(-c5ncnc6[nH]ccc56)cn4)C3)CC2)c(F)c1F. The predicted molar refractivity (Wildman–Crippen MR) is 144 cm³/mol. The van der Waals surface area contributed by atoms with Gasteiger partial charge in [-0.1, -0.05) is 0 Å². The number of likely N-dealkylation sites (tertiary alicyclic amines) is 2. The van der Waals surface area contributed by atoms with Crippen molar-refractivity contribution in [3.63, 3.8) is 0 Å². The zero-order valence-electron chi connectivity index (χ0n) is 22.9. The Hall–Kier alpha value is -4.51. The molecule has 2 fully saturated rings. The Bertz CT molecular complexity index is 1680. The van der Waals surface area contributed by atoms with Gasteiger partial charge in [0.25, 0.3) is 5.91 Å². The molecule has 0 aliphatic carbocycles. The van der Waals surface area contributed by atoms with Gasteiger partial charge >= 0.3 is 0 Å². The molecule has 0 spiro atoms. The highest BCUT2D eigenvalue weighted by Gasteiger charge is 2.48. The summed E-state index contributed by atoms with van der Waals surface area (Å²) in [4.78, 5) is 29.0. The van der Waals surface area contributed by atoms with E-state index in [0.29, 0.717) is 31.6 Å². The molecule has 2 saturated heterocycles. The summed E-state index contributed by atoms with van der Waals surface area (Å²) in [5.41, 5.74) is -0.392. The van der Waals surface area contributed by atoms with E-state index in [1.54, 1.807) is 12.4 Å². The number of amides is 1. The van der Waals surface area contributed by atoms with Crippen molar-refractivity contribution in [2.45, 2.75) is 30.8 Å². The first kappa shape index (κ1) is 27.6. The van der Waals surface area contributed by atoms with Crippen LogP contribution in [-0.2, 0) is 5.54 Å². The first-order valence-electron chi connectivity index (χ1n) is 13.4. The van der Waals surface area contributed by atoms with E-state index in [4.69, 9.17) is 0 Å². The summed E-state index contributed by atoms with van der Waals surface area (Å²) < 4.78 is 60.2. The fraction of sp³-hybridized carbons (Fsp3) is 0.393. The number of aromatic nitrogens is 5. The molecule has 2 aliphatic heterocycles. The average Bonchev–Trinajstić information content (AvgIpc) is 3.64. The van der Waals surface area contributed by atoms with Gasteiger partial charge in [-0.2, -0.15) is 10.4 Å². The number of rotatable bonds is 6. The molecule has 1 aromatic carbocycles. The van der Waals surface area contributed by atoms with E-state index in [0.717, 1.165) is 21.5 Å². The first-order valence-corrected chi connectivity index (χ1v) is 13.4. The van der Waals surface area contributed by atoms with Gasteiger partial charge in [-0.05, 0) is 18.9 Å². The maximum Gasteiger partial charge on any atom is 0.260 e. The maximum atomic E-state index is 14.7. The third kappa shape index (κ3) is 4.35. The van der Waals surface area contributed by atoms with Crippen molar-refractivity contribution in [1.29, 1.82) is 5.26 Å². The van der Waals surface area contributed by atoms with Crippen LogP contribution in [0.1, 0.15) is 29.6 Å². The number of benzene rings is 1. The molecule has 6 rings (SSSR count). The second-order valence-corrected chi connectivity index (χ2v) is 11.0. The highest BCUT2D eigenvalue weighted by Crippen LogP contribution is 2.38. The van der Waals surface area contributed by atoms with Gasteiger partial charge < -0.3 is 14.8 Å². The third-order valence-corrected chi connectivity index (χ3v) is 8.27. The van der Waals surface area contributed by atoms with E-state index >= 15 is 0 Å². The Balaban J connectivity index is 1.14. The van der Waals surface area contributed by atoms with Gasteiger partial charge in [-0.25, -0.2) is 27.5 Å². The third-order valence-electron chi connectivity index (χ3n) is 8.27. The number of nitriles is 1. The van der Waals surface area contributed by atoms with Crippen molar-refractivity contribution < 1.29 is 22.4 Å². The molecule has 0 radical (unpaired) electrons. The van der Waals surface area contributed by atoms with Crippen molar-refractivity contribution >= 4 is 22.6 Å². The van der Waals surface area contributed by atoms with Gasteiger partial charge in [0.2, 0.25) is 0 Å². The number of hydrogen-bond donors (Lipinski definition) is 1. The van der Waals surface area contributed by atoms with E-state index in [9.17, 15) is 27.6 Å². The van der Waals surface area contributed by atoms with Crippen LogP contribution in [0.4, 0.5) is 23.2 Å². The number of hydrogen-bond acceptors (Lipinski definition) is 7. The van der Waals surface area contributed by atoms with Crippen LogP contribution in [0.25, 0.3) is 22.3 Å². The highest BCUT2D eigenvalue weighted by atomic mass is 19.2. The summed E-state index contributed by atoms with van der Waals surface area (Å²) in [6.07, 6.45) is 8.10. The smallest absolute Gasteiger partial charge is 0.260 e. The van der Waals surface area contributed by atoms with Gasteiger partial charge in [0.05, 0.1) is 24.4 Å². The lowest BCUT2D eigenvalue weighted by molar-refractivity contribution is -0.0413. The monoisotopic (exact) mass is 581 g/mol. The molecule has 218 valence electrons. The Labute approximate surface area is 238 Å². The zero-order valence-corrected chi connectivity index (χ0v) is 22.9. The number of carbonyl (C=O) groups excluding carboxylic acids is 1. The van der Waals surface area contributed by atoms with Crippen LogP contribution < -0.4 is 4.90 Å². The molecule has 1 amide bonds. The lowest BCUT2D eigenvalue weighted by atomic mass is 9.83. The van der Waals surface area contributed by atoms with Crippen molar-refractivity contribution in [2.24, 2.45) is 0 Å². The van der Waals surface area contributed by atoms with Crippen LogP contribution in [-0.4, -0.2) is 86.8 Å². The minimum absolute atomic E-state index is 0.0523. The Morgan fingerprint density at radius 1 is 1.12 bits per heavy atom. The predicted octanol–water partition coefficient (Wildman–Crippen LogP) is 3.67. The largest absolute Gasteiger partial charge is 0.373 e. The molecule has 2 aliphatic rings. The van der Waals surface area contributed by atoms with Crippen LogP contribution in [0.5, 0.6) is 0 Å². The van der Waals surface area contributed by atoms with Gasteiger partial charge in [0.15, 0.2) is 23.3 Å².